The monoisotopic (exact) mass is 347 g/mol. The fourth-order valence-corrected chi connectivity index (χ4v) is 4.92. The number of rotatable bonds is 7. The minimum Gasteiger partial charge on any atom is -0.319 e. The van der Waals surface area contributed by atoms with Crippen molar-refractivity contribution in [1.29, 1.82) is 0 Å². The molecule has 0 fully saturated rings. The lowest BCUT2D eigenvalue weighted by Gasteiger charge is -2.37. The van der Waals surface area contributed by atoms with E-state index >= 15 is 0 Å². The number of hydrogen-bond donors (Lipinski definition) is 1. The largest absolute Gasteiger partial charge is 0.319 e. The van der Waals surface area contributed by atoms with Crippen molar-refractivity contribution in [2.75, 3.05) is 0 Å². The maximum atomic E-state index is 6.55. The van der Waals surface area contributed by atoms with Crippen LogP contribution in [0.15, 0.2) is 91.0 Å². The molecule has 0 bridgehead atoms. The first-order valence-corrected chi connectivity index (χ1v) is 9.75. The zero-order chi connectivity index (χ0) is 17.5. The van der Waals surface area contributed by atoms with E-state index < -0.39 is 0 Å². The molecule has 0 aliphatic heterocycles. The molecule has 2 N–H and O–H groups in total. The summed E-state index contributed by atoms with van der Waals surface area (Å²) in [5.41, 5.74) is 10.3. The smallest absolute Gasteiger partial charge is 0.0922 e. The lowest BCUT2D eigenvalue weighted by atomic mass is 9.84. The van der Waals surface area contributed by atoms with Crippen LogP contribution in [0.25, 0.3) is 0 Å². The summed E-state index contributed by atoms with van der Waals surface area (Å²) in [5.74, 6) is 0. The summed E-state index contributed by atoms with van der Waals surface area (Å²) in [6.45, 7) is 2.19. The zero-order valence-electron chi connectivity index (χ0n) is 14.6. The van der Waals surface area contributed by atoms with Gasteiger partial charge in [-0.1, -0.05) is 104 Å². The summed E-state index contributed by atoms with van der Waals surface area (Å²) in [7, 11) is 0. The van der Waals surface area contributed by atoms with Gasteiger partial charge in [-0.2, -0.15) is 0 Å². The highest BCUT2D eigenvalue weighted by Crippen LogP contribution is 2.49. The Morgan fingerprint density at radius 3 is 1.40 bits per heavy atom. The summed E-state index contributed by atoms with van der Waals surface area (Å²) in [6, 6.07) is 32.2. The molecule has 128 valence electrons. The van der Waals surface area contributed by atoms with Gasteiger partial charge in [-0.05, 0) is 23.1 Å². The van der Waals surface area contributed by atoms with Gasteiger partial charge in [0.25, 0.3) is 0 Å². The van der Waals surface area contributed by atoms with E-state index in [0.29, 0.717) is 0 Å². The first-order chi connectivity index (χ1) is 12.3. The summed E-state index contributed by atoms with van der Waals surface area (Å²) in [6.07, 6.45) is 2.08. The van der Waals surface area contributed by atoms with Crippen LogP contribution in [0.5, 0.6) is 0 Å². The van der Waals surface area contributed by atoms with Crippen molar-refractivity contribution >= 4 is 11.8 Å². The molecule has 2 heteroatoms. The maximum absolute atomic E-state index is 6.55. The SMILES string of the molecule is CCCC(N)SC(c1ccccc1)(c1ccccc1)c1ccccc1. The van der Waals surface area contributed by atoms with Crippen molar-refractivity contribution in [2.45, 2.75) is 29.9 Å². The second-order valence-corrected chi connectivity index (χ2v) is 7.68. The molecule has 0 saturated carbocycles. The van der Waals surface area contributed by atoms with Crippen LogP contribution in [0.3, 0.4) is 0 Å². The highest BCUT2D eigenvalue weighted by Gasteiger charge is 2.38. The number of hydrogen-bond acceptors (Lipinski definition) is 2. The second-order valence-electron chi connectivity index (χ2n) is 6.22. The topological polar surface area (TPSA) is 26.0 Å². The summed E-state index contributed by atoms with van der Waals surface area (Å²) in [5, 5.41) is 0.0746. The predicted molar refractivity (Wildman–Crippen MR) is 110 cm³/mol. The molecule has 0 aliphatic carbocycles. The van der Waals surface area contributed by atoms with Crippen molar-refractivity contribution in [3.8, 4) is 0 Å². The zero-order valence-corrected chi connectivity index (χ0v) is 15.5. The van der Waals surface area contributed by atoms with Gasteiger partial charge in [0.15, 0.2) is 0 Å². The molecule has 0 aromatic heterocycles. The van der Waals surface area contributed by atoms with Crippen LogP contribution in [0.2, 0.25) is 0 Å². The molecular formula is C23H25NS. The van der Waals surface area contributed by atoms with Crippen molar-refractivity contribution in [2.24, 2.45) is 5.73 Å². The first-order valence-electron chi connectivity index (χ1n) is 8.87. The van der Waals surface area contributed by atoms with Gasteiger partial charge < -0.3 is 5.73 Å². The van der Waals surface area contributed by atoms with Gasteiger partial charge in [0, 0.05) is 0 Å². The molecule has 3 aromatic rings. The molecule has 0 saturated heterocycles. The van der Waals surface area contributed by atoms with Gasteiger partial charge in [0.2, 0.25) is 0 Å². The van der Waals surface area contributed by atoms with E-state index in [0.717, 1.165) is 12.8 Å². The second kappa shape index (κ2) is 8.37. The summed E-state index contributed by atoms with van der Waals surface area (Å²) < 4.78 is -0.307. The third-order valence-electron chi connectivity index (χ3n) is 4.44. The van der Waals surface area contributed by atoms with Gasteiger partial charge in [0.1, 0.15) is 0 Å². The van der Waals surface area contributed by atoms with E-state index in [1.165, 1.54) is 16.7 Å². The van der Waals surface area contributed by atoms with Crippen molar-refractivity contribution < 1.29 is 0 Å². The van der Waals surface area contributed by atoms with Crippen LogP contribution in [-0.4, -0.2) is 5.37 Å². The molecule has 25 heavy (non-hydrogen) atoms. The molecule has 1 atom stereocenters. The Labute approximate surface area is 155 Å². The molecule has 0 radical (unpaired) electrons. The maximum Gasteiger partial charge on any atom is 0.0922 e. The highest BCUT2D eigenvalue weighted by atomic mass is 32.2. The molecule has 0 amide bonds. The quantitative estimate of drug-likeness (QED) is 0.432. The van der Waals surface area contributed by atoms with Gasteiger partial charge in [-0.25, -0.2) is 0 Å². The average Bonchev–Trinajstić information content (AvgIpc) is 2.68. The first kappa shape index (κ1) is 17.8. The molecule has 1 nitrogen and oxygen atoms in total. The lowest BCUT2D eigenvalue weighted by molar-refractivity contribution is 0.751. The summed E-state index contributed by atoms with van der Waals surface area (Å²) in [4.78, 5) is 0. The van der Waals surface area contributed by atoms with Gasteiger partial charge in [-0.15, -0.1) is 11.8 Å². The van der Waals surface area contributed by atoms with E-state index in [2.05, 4.69) is 97.9 Å². The Morgan fingerprint density at radius 1 is 0.720 bits per heavy atom. The molecule has 3 aromatic carbocycles. The van der Waals surface area contributed by atoms with Crippen LogP contribution < -0.4 is 5.73 Å². The fraction of sp³-hybridized carbons (Fsp3) is 0.217. The summed E-state index contributed by atoms with van der Waals surface area (Å²) >= 11 is 1.85. The van der Waals surface area contributed by atoms with Gasteiger partial charge in [0.05, 0.1) is 10.1 Å². The number of nitrogens with two attached hydrogens (primary N) is 1. The molecule has 0 aliphatic rings. The van der Waals surface area contributed by atoms with E-state index in [-0.39, 0.29) is 10.1 Å². The van der Waals surface area contributed by atoms with Crippen LogP contribution in [0, 0.1) is 0 Å². The minimum absolute atomic E-state index is 0.0746. The average molecular weight is 348 g/mol. The van der Waals surface area contributed by atoms with E-state index in [4.69, 9.17) is 5.73 Å². The molecule has 0 spiro atoms. The lowest BCUT2D eigenvalue weighted by Crippen LogP contribution is -2.31. The molecular weight excluding hydrogens is 322 g/mol. The van der Waals surface area contributed by atoms with E-state index in [9.17, 15) is 0 Å². The van der Waals surface area contributed by atoms with Crippen molar-refractivity contribution in [3.63, 3.8) is 0 Å². The van der Waals surface area contributed by atoms with Crippen molar-refractivity contribution in [1.82, 2.24) is 0 Å². The third kappa shape index (κ3) is 3.81. The van der Waals surface area contributed by atoms with E-state index in [1.54, 1.807) is 0 Å². The normalized spacial score (nSPS) is 12.7. The van der Waals surface area contributed by atoms with Crippen molar-refractivity contribution in [3.05, 3.63) is 108 Å². The van der Waals surface area contributed by atoms with Gasteiger partial charge >= 0.3 is 0 Å². The number of thioether (sulfide) groups is 1. The minimum atomic E-state index is -0.307. The van der Waals surface area contributed by atoms with Crippen LogP contribution in [0.4, 0.5) is 0 Å². The van der Waals surface area contributed by atoms with Crippen LogP contribution in [0.1, 0.15) is 36.5 Å². The van der Waals surface area contributed by atoms with E-state index in [1.807, 2.05) is 11.8 Å². The van der Waals surface area contributed by atoms with Crippen LogP contribution >= 0.6 is 11.8 Å². The van der Waals surface area contributed by atoms with Crippen LogP contribution in [-0.2, 0) is 4.75 Å². The Hall–Kier alpha value is -2.03. The molecule has 1 unspecified atom stereocenters. The van der Waals surface area contributed by atoms with Gasteiger partial charge in [-0.3, -0.25) is 0 Å². The predicted octanol–water partition coefficient (Wildman–Crippen LogP) is 5.80. The Balaban J connectivity index is 2.24. The fourth-order valence-electron chi connectivity index (χ4n) is 3.29. The Kier molecular flexibility index (Phi) is 5.95. The molecule has 3 rings (SSSR count). The Morgan fingerprint density at radius 2 is 1.08 bits per heavy atom. The number of benzene rings is 3. The standard InChI is InChI=1S/C23H25NS/c1-2-12-22(24)25-23(19-13-6-3-7-14-19,20-15-8-4-9-16-20)21-17-10-5-11-18-21/h3-11,13-18,22H,2,12,24H2,1H3. The third-order valence-corrected chi connectivity index (χ3v) is 6.04. The molecule has 0 heterocycles. The Bertz CT molecular complexity index is 659. The highest BCUT2D eigenvalue weighted by molar-refractivity contribution is 8.01.